The third-order valence-corrected chi connectivity index (χ3v) is 5.14. The SMILES string of the molecule is CCOc1ccc(-c2c(C#N)c(N)nc3c2CN(C(=O)c2cccnc2)CC3)cc1.O=CO. The number of ether oxygens (including phenoxy) is 1. The van der Waals surface area contributed by atoms with Gasteiger partial charge in [0.05, 0.1) is 17.9 Å². The zero-order chi connectivity index (χ0) is 23.8. The number of pyridine rings is 2. The highest BCUT2D eigenvalue weighted by Gasteiger charge is 2.28. The average Bonchev–Trinajstić information content (AvgIpc) is 2.84. The van der Waals surface area contributed by atoms with Crippen LogP contribution in [0.1, 0.15) is 34.1 Å². The van der Waals surface area contributed by atoms with Crippen molar-refractivity contribution in [1.82, 2.24) is 14.9 Å². The van der Waals surface area contributed by atoms with Crippen LogP contribution in [0, 0.1) is 11.3 Å². The summed E-state index contributed by atoms with van der Waals surface area (Å²) in [4.78, 5) is 31.6. The first-order valence-corrected chi connectivity index (χ1v) is 10.3. The molecule has 0 saturated carbocycles. The fourth-order valence-electron chi connectivity index (χ4n) is 3.74. The van der Waals surface area contributed by atoms with Crippen LogP contribution in [-0.2, 0) is 17.8 Å². The van der Waals surface area contributed by atoms with Gasteiger partial charge < -0.3 is 20.5 Å². The highest BCUT2D eigenvalue weighted by molar-refractivity contribution is 5.94. The Balaban J connectivity index is 0.000000968. The molecular formula is C24H23N5O4. The maximum atomic E-state index is 13.0. The van der Waals surface area contributed by atoms with E-state index in [0.717, 1.165) is 28.1 Å². The van der Waals surface area contributed by atoms with Crippen LogP contribution in [0.5, 0.6) is 5.75 Å². The number of carbonyl (C=O) groups is 2. The summed E-state index contributed by atoms with van der Waals surface area (Å²) in [5, 5.41) is 16.7. The molecule has 4 rings (SSSR count). The smallest absolute Gasteiger partial charge is 0.290 e. The van der Waals surface area contributed by atoms with Gasteiger partial charge >= 0.3 is 0 Å². The van der Waals surface area contributed by atoms with Gasteiger partial charge in [0.1, 0.15) is 23.2 Å². The van der Waals surface area contributed by atoms with E-state index in [4.69, 9.17) is 20.4 Å². The van der Waals surface area contributed by atoms with Crippen molar-refractivity contribution in [3.63, 3.8) is 0 Å². The molecule has 0 bridgehead atoms. The molecule has 0 unspecified atom stereocenters. The predicted octanol–water partition coefficient (Wildman–Crippen LogP) is 2.90. The lowest BCUT2D eigenvalue weighted by Gasteiger charge is -2.30. The fraction of sp³-hybridized carbons (Fsp3) is 0.208. The predicted molar refractivity (Wildman–Crippen MR) is 121 cm³/mol. The number of nitriles is 1. The van der Waals surface area contributed by atoms with E-state index in [1.54, 1.807) is 29.4 Å². The lowest BCUT2D eigenvalue weighted by atomic mass is 9.91. The average molecular weight is 445 g/mol. The van der Waals surface area contributed by atoms with Crippen molar-refractivity contribution in [3.8, 4) is 22.9 Å². The Kier molecular flexibility index (Phi) is 7.55. The minimum atomic E-state index is -0.250. The Morgan fingerprint density at radius 1 is 1.33 bits per heavy atom. The van der Waals surface area contributed by atoms with E-state index in [-0.39, 0.29) is 18.2 Å². The summed E-state index contributed by atoms with van der Waals surface area (Å²) in [6.07, 6.45) is 3.77. The Hall–Kier alpha value is -4.45. The molecule has 33 heavy (non-hydrogen) atoms. The summed E-state index contributed by atoms with van der Waals surface area (Å²) in [7, 11) is 0. The summed E-state index contributed by atoms with van der Waals surface area (Å²) in [6, 6.07) is 13.2. The van der Waals surface area contributed by atoms with Crippen LogP contribution >= 0.6 is 0 Å². The zero-order valence-corrected chi connectivity index (χ0v) is 18.1. The molecule has 9 nitrogen and oxygen atoms in total. The lowest BCUT2D eigenvalue weighted by Crippen LogP contribution is -2.37. The normalized spacial score (nSPS) is 11.9. The zero-order valence-electron chi connectivity index (χ0n) is 18.1. The monoisotopic (exact) mass is 445 g/mol. The third-order valence-electron chi connectivity index (χ3n) is 5.14. The molecule has 3 N–H and O–H groups in total. The number of fused-ring (bicyclic) bond motifs is 1. The highest BCUT2D eigenvalue weighted by Crippen LogP contribution is 2.36. The molecule has 1 aliphatic rings. The number of nitrogen functional groups attached to an aromatic ring is 1. The Morgan fingerprint density at radius 3 is 2.67 bits per heavy atom. The molecular weight excluding hydrogens is 422 g/mol. The molecule has 1 amide bonds. The number of rotatable bonds is 4. The van der Waals surface area contributed by atoms with Crippen molar-refractivity contribution in [2.24, 2.45) is 0 Å². The van der Waals surface area contributed by atoms with Gasteiger partial charge in [-0.25, -0.2) is 4.98 Å². The number of nitrogens with two attached hydrogens (primary N) is 1. The molecule has 1 aromatic carbocycles. The van der Waals surface area contributed by atoms with Crippen molar-refractivity contribution in [1.29, 1.82) is 5.26 Å². The number of carboxylic acid groups (broad SMARTS) is 1. The fourth-order valence-corrected chi connectivity index (χ4v) is 3.74. The molecule has 0 radical (unpaired) electrons. The van der Waals surface area contributed by atoms with Crippen LogP contribution in [0.4, 0.5) is 5.82 Å². The van der Waals surface area contributed by atoms with Gasteiger partial charge in [-0.1, -0.05) is 12.1 Å². The molecule has 0 spiro atoms. The standard InChI is InChI=1S/C23H21N5O2.CH2O2/c1-2-30-17-7-5-15(6-8-17)21-18(12-24)22(25)27-20-9-11-28(14-19(20)21)23(29)16-4-3-10-26-13-16;2-1-3/h3-8,10,13H,2,9,11,14H2,1H3,(H2,25,27);1H,(H,2,3). The van der Waals surface area contributed by atoms with Crippen LogP contribution in [-0.4, -0.2) is 45.5 Å². The quantitative estimate of drug-likeness (QED) is 0.584. The van der Waals surface area contributed by atoms with Crippen molar-refractivity contribution >= 4 is 18.2 Å². The van der Waals surface area contributed by atoms with E-state index in [2.05, 4.69) is 16.0 Å². The molecule has 0 saturated heterocycles. The van der Waals surface area contributed by atoms with E-state index < -0.39 is 0 Å². The van der Waals surface area contributed by atoms with Gasteiger partial charge in [-0.3, -0.25) is 14.6 Å². The second kappa shape index (κ2) is 10.7. The number of aromatic nitrogens is 2. The molecule has 0 atom stereocenters. The van der Waals surface area contributed by atoms with E-state index >= 15 is 0 Å². The Morgan fingerprint density at radius 2 is 2.06 bits per heavy atom. The van der Waals surface area contributed by atoms with Crippen molar-refractivity contribution < 1.29 is 19.4 Å². The van der Waals surface area contributed by atoms with Gasteiger partial charge in [0.2, 0.25) is 0 Å². The van der Waals surface area contributed by atoms with E-state index in [0.29, 0.717) is 37.2 Å². The molecule has 168 valence electrons. The number of amides is 1. The van der Waals surface area contributed by atoms with Crippen LogP contribution in [0.25, 0.3) is 11.1 Å². The first kappa shape index (κ1) is 23.2. The van der Waals surface area contributed by atoms with Crippen molar-refractivity contribution in [2.75, 3.05) is 18.9 Å². The van der Waals surface area contributed by atoms with Crippen molar-refractivity contribution in [2.45, 2.75) is 19.9 Å². The first-order chi connectivity index (χ1) is 16.0. The third kappa shape index (κ3) is 5.07. The number of anilines is 1. The van der Waals surface area contributed by atoms with Gasteiger partial charge in [-0.2, -0.15) is 5.26 Å². The Labute approximate surface area is 191 Å². The van der Waals surface area contributed by atoms with Gasteiger partial charge in [0, 0.05) is 43.0 Å². The summed E-state index contributed by atoms with van der Waals surface area (Å²) in [5.41, 5.74) is 10.2. The largest absolute Gasteiger partial charge is 0.494 e. The van der Waals surface area contributed by atoms with E-state index in [1.165, 1.54) is 0 Å². The van der Waals surface area contributed by atoms with Crippen molar-refractivity contribution in [3.05, 3.63) is 71.2 Å². The van der Waals surface area contributed by atoms with Gasteiger partial charge in [0.25, 0.3) is 12.4 Å². The topological polar surface area (TPSA) is 142 Å². The maximum Gasteiger partial charge on any atom is 0.290 e. The molecule has 1 aliphatic heterocycles. The van der Waals surface area contributed by atoms with Gasteiger partial charge in [-0.15, -0.1) is 0 Å². The molecule has 3 heterocycles. The second-order valence-electron chi connectivity index (χ2n) is 7.07. The molecule has 9 heteroatoms. The van der Waals surface area contributed by atoms with Crippen LogP contribution in [0.3, 0.4) is 0 Å². The molecule has 3 aromatic rings. The number of benzene rings is 1. The minimum Gasteiger partial charge on any atom is -0.494 e. The van der Waals surface area contributed by atoms with E-state index in [1.807, 2.05) is 31.2 Å². The van der Waals surface area contributed by atoms with E-state index in [9.17, 15) is 10.1 Å². The summed E-state index contributed by atoms with van der Waals surface area (Å²) in [6.45, 7) is 3.14. The molecule has 0 fully saturated rings. The highest BCUT2D eigenvalue weighted by atomic mass is 16.5. The summed E-state index contributed by atoms with van der Waals surface area (Å²) >= 11 is 0. The Bertz CT molecular complexity index is 1170. The number of nitrogens with zero attached hydrogens (tertiary/aromatic N) is 4. The maximum absolute atomic E-state index is 13.0. The minimum absolute atomic E-state index is 0.0956. The number of hydrogen-bond donors (Lipinski definition) is 2. The van der Waals surface area contributed by atoms with Crippen LogP contribution in [0.2, 0.25) is 0 Å². The molecule has 0 aliphatic carbocycles. The van der Waals surface area contributed by atoms with Crippen LogP contribution < -0.4 is 10.5 Å². The first-order valence-electron chi connectivity index (χ1n) is 10.3. The summed E-state index contributed by atoms with van der Waals surface area (Å²) in [5.74, 6) is 0.873. The molecule has 2 aromatic heterocycles. The van der Waals surface area contributed by atoms with Gasteiger partial charge in [0.15, 0.2) is 0 Å². The van der Waals surface area contributed by atoms with Gasteiger partial charge in [-0.05, 0) is 36.8 Å². The number of hydrogen-bond acceptors (Lipinski definition) is 7. The lowest BCUT2D eigenvalue weighted by molar-refractivity contribution is -0.122. The number of carbonyl (C=O) groups excluding carboxylic acids is 1. The summed E-state index contributed by atoms with van der Waals surface area (Å²) < 4.78 is 5.53. The van der Waals surface area contributed by atoms with Crippen LogP contribution in [0.15, 0.2) is 48.8 Å². The second-order valence-corrected chi connectivity index (χ2v) is 7.07.